The first kappa shape index (κ1) is 14.5. The molecule has 4 aromatic rings. The number of aryl methyl sites for hydroxylation is 1. The van der Waals surface area contributed by atoms with Crippen molar-refractivity contribution >= 4 is 27.8 Å². The normalized spacial score (nSPS) is 11.4. The van der Waals surface area contributed by atoms with Gasteiger partial charge in [-0.25, -0.2) is 9.78 Å². The number of aliphatic hydroxyl groups is 1. The highest BCUT2D eigenvalue weighted by Gasteiger charge is 2.19. The molecule has 4 rings (SSSR count). The summed E-state index contributed by atoms with van der Waals surface area (Å²) in [5.41, 5.74) is 3.03. The van der Waals surface area contributed by atoms with Gasteiger partial charge in [-0.3, -0.25) is 0 Å². The molecule has 0 unspecified atom stereocenters. The van der Waals surface area contributed by atoms with E-state index in [1.54, 1.807) is 18.2 Å². The van der Waals surface area contributed by atoms with Gasteiger partial charge in [0.25, 0.3) is 0 Å². The molecule has 120 valence electrons. The van der Waals surface area contributed by atoms with E-state index in [-0.39, 0.29) is 12.3 Å². The number of fused-ring (bicyclic) bond motifs is 3. The number of benzene rings is 1. The number of aromatic amines is 1. The number of carboxylic acid groups (broad SMARTS) is 1. The summed E-state index contributed by atoms with van der Waals surface area (Å²) >= 11 is 0. The maximum Gasteiger partial charge on any atom is 0.354 e. The third kappa shape index (κ3) is 2.08. The van der Waals surface area contributed by atoms with Crippen LogP contribution in [0.15, 0.2) is 40.8 Å². The molecule has 0 spiro atoms. The standard InChI is InChI=1S/C18H14N2O4/c1-9-3-2-4-12-15(9)11-7-13(18(22)23)20-17(16(11)19-12)14-6-5-10(8-21)24-14/h2-7,19,21H,8H2,1H3,(H,22,23). The summed E-state index contributed by atoms with van der Waals surface area (Å²) in [6.07, 6.45) is 0. The van der Waals surface area contributed by atoms with Gasteiger partial charge in [-0.1, -0.05) is 12.1 Å². The van der Waals surface area contributed by atoms with Gasteiger partial charge < -0.3 is 19.6 Å². The molecule has 0 aliphatic rings. The average molecular weight is 322 g/mol. The molecule has 0 radical (unpaired) electrons. The van der Waals surface area contributed by atoms with Crippen molar-refractivity contribution in [1.29, 1.82) is 0 Å². The van der Waals surface area contributed by atoms with Crippen LogP contribution in [0.5, 0.6) is 0 Å². The lowest BCUT2D eigenvalue weighted by Crippen LogP contribution is -2.01. The summed E-state index contributed by atoms with van der Waals surface area (Å²) in [6.45, 7) is 1.75. The van der Waals surface area contributed by atoms with Crippen LogP contribution in [0.4, 0.5) is 0 Å². The molecular formula is C18H14N2O4. The molecule has 6 heteroatoms. The van der Waals surface area contributed by atoms with Crippen LogP contribution >= 0.6 is 0 Å². The third-order valence-corrected chi connectivity index (χ3v) is 4.09. The monoisotopic (exact) mass is 322 g/mol. The van der Waals surface area contributed by atoms with Crippen molar-refractivity contribution in [2.45, 2.75) is 13.5 Å². The molecular weight excluding hydrogens is 308 g/mol. The zero-order valence-corrected chi connectivity index (χ0v) is 12.8. The Morgan fingerprint density at radius 1 is 1.29 bits per heavy atom. The predicted octanol–water partition coefficient (Wildman–Crippen LogP) is 3.48. The Hall–Kier alpha value is -3.12. The lowest BCUT2D eigenvalue weighted by Gasteiger charge is -2.03. The largest absolute Gasteiger partial charge is 0.477 e. The van der Waals surface area contributed by atoms with Gasteiger partial charge in [0.2, 0.25) is 0 Å². The van der Waals surface area contributed by atoms with E-state index in [1.165, 1.54) is 0 Å². The van der Waals surface area contributed by atoms with Gasteiger partial charge in [-0.15, -0.1) is 0 Å². The van der Waals surface area contributed by atoms with Crippen molar-refractivity contribution in [3.05, 3.63) is 53.4 Å². The van der Waals surface area contributed by atoms with Crippen LogP contribution in [-0.2, 0) is 6.61 Å². The number of aromatic carboxylic acids is 1. The molecule has 0 amide bonds. The van der Waals surface area contributed by atoms with Gasteiger partial charge in [-0.2, -0.15) is 0 Å². The number of rotatable bonds is 3. The van der Waals surface area contributed by atoms with E-state index in [9.17, 15) is 15.0 Å². The number of furan rings is 1. The summed E-state index contributed by atoms with van der Waals surface area (Å²) in [5, 5.41) is 20.3. The van der Waals surface area contributed by atoms with Crippen LogP contribution in [0.2, 0.25) is 0 Å². The highest BCUT2D eigenvalue weighted by Crippen LogP contribution is 2.34. The van der Waals surface area contributed by atoms with Gasteiger partial charge in [0.15, 0.2) is 5.76 Å². The molecule has 0 atom stereocenters. The van der Waals surface area contributed by atoms with Crippen LogP contribution in [0, 0.1) is 6.92 Å². The summed E-state index contributed by atoms with van der Waals surface area (Å²) in [4.78, 5) is 19.0. The number of aromatic nitrogens is 2. The molecule has 0 saturated heterocycles. The highest BCUT2D eigenvalue weighted by molar-refractivity contribution is 6.13. The number of hydrogen-bond donors (Lipinski definition) is 3. The van der Waals surface area contributed by atoms with Crippen molar-refractivity contribution in [2.24, 2.45) is 0 Å². The molecule has 3 aromatic heterocycles. The van der Waals surface area contributed by atoms with E-state index < -0.39 is 5.97 Å². The van der Waals surface area contributed by atoms with Gasteiger partial charge in [0.1, 0.15) is 23.8 Å². The Balaban J connectivity index is 2.13. The first-order valence-electron chi connectivity index (χ1n) is 7.44. The number of aliphatic hydroxyl groups excluding tert-OH is 1. The van der Waals surface area contributed by atoms with Gasteiger partial charge in [0, 0.05) is 16.3 Å². The molecule has 0 bridgehead atoms. The van der Waals surface area contributed by atoms with Crippen molar-refractivity contribution in [3.63, 3.8) is 0 Å². The molecule has 1 aromatic carbocycles. The zero-order valence-electron chi connectivity index (χ0n) is 12.8. The Morgan fingerprint density at radius 3 is 2.83 bits per heavy atom. The fraction of sp³-hybridized carbons (Fsp3) is 0.111. The summed E-state index contributed by atoms with van der Waals surface area (Å²) in [7, 11) is 0. The lowest BCUT2D eigenvalue weighted by atomic mass is 10.1. The van der Waals surface area contributed by atoms with Gasteiger partial charge in [-0.05, 0) is 36.8 Å². The summed E-state index contributed by atoms with van der Waals surface area (Å²) in [6, 6.07) is 10.8. The van der Waals surface area contributed by atoms with Crippen LogP contribution in [0.1, 0.15) is 21.8 Å². The number of nitrogens with one attached hydrogen (secondary N) is 1. The number of hydrogen-bond acceptors (Lipinski definition) is 4. The minimum atomic E-state index is -1.10. The van der Waals surface area contributed by atoms with Crippen LogP contribution in [0.3, 0.4) is 0 Å². The molecule has 0 fully saturated rings. The minimum Gasteiger partial charge on any atom is -0.477 e. The van der Waals surface area contributed by atoms with E-state index in [4.69, 9.17) is 4.42 Å². The van der Waals surface area contributed by atoms with E-state index in [0.717, 1.165) is 21.9 Å². The molecule has 0 saturated carbocycles. The topological polar surface area (TPSA) is 99.4 Å². The fourth-order valence-corrected chi connectivity index (χ4v) is 3.01. The van der Waals surface area contributed by atoms with Crippen LogP contribution in [-0.4, -0.2) is 26.2 Å². The summed E-state index contributed by atoms with van der Waals surface area (Å²) in [5.74, 6) is -0.292. The number of H-pyrrole nitrogens is 1. The second-order valence-electron chi connectivity index (χ2n) is 5.63. The van der Waals surface area contributed by atoms with Gasteiger partial charge >= 0.3 is 5.97 Å². The first-order valence-corrected chi connectivity index (χ1v) is 7.44. The number of carboxylic acids is 1. The molecule has 0 aliphatic carbocycles. The molecule has 24 heavy (non-hydrogen) atoms. The Bertz CT molecular complexity index is 1090. The second-order valence-corrected chi connectivity index (χ2v) is 5.63. The van der Waals surface area contributed by atoms with Crippen molar-refractivity contribution in [1.82, 2.24) is 9.97 Å². The Morgan fingerprint density at radius 2 is 2.12 bits per heavy atom. The number of pyridine rings is 1. The molecule has 3 heterocycles. The van der Waals surface area contributed by atoms with Crippen LogP contribution < -0.4 is 0 Å². The van der Waals surface area contributed by atoms with Crippen molar-refractivity contribution in [3.8, 4) is 11.5 Å². The van der Waals surface area contributed by atoms with Crippen molar-refractivity contribution < 1.29 is 19.4 Å². The van der Waals surface area contributed by atoms with Crippen molar-refractivity contribution in [2.75, 3.05) is 0 Å². The number of carbonyl (C=O) groups is 1. The van der Waals surface area contributed by atoms with Gasteiger partial charge in [0.05, 0.1) is 5.52 Å². The Labute approximate surface area is 136 Å². The third-order valence-electron chi connectivity index (χ3n) is 4.09. The summed E-state index contributed by atoms with van der Waals surface area (Å²) < 4.78 is 5.56. The minimum absolute atomic E-state index is 0.0522. The quantitative estimate of drug-likeness (QED) is 0.536. The number of nitrogens with zero attached hydrogens (tertiary/aromatic N) is 1. The molecule has 3 N–H and O–H groups in total. The van der Waals surface area contributed by atoms with E-state index >= 15 is 0 Å². The second kappa shape index (κ2) is 5.21. The van der Waals surface area contributed by atoms with Crippen LogP contribution in [0.25, 0.3) is 33.3 Å². The molecule has 6 nitrogen and oxygen atoms in total. The van der Waals surface area contributed by atoms with E-state index in [2.05, 4.69) is 9.97 Å². The fourth-order valence-electron chi connectivity index (χ4n) is 3.01. The predicted molar refractivity (Wildman–Crippen MR) is 88.9 cm³/mol. The average Bonchev–Trinajstić information content (AvgIpc) is 3.18. The van der Waals surface area contributed by atoms with E-state index in [1.807, 2.05) is 25.1 Å². The molecule has 0 aliphatic heterocycles. The SMILES string of the molecule is Cc1cccc2[nH]c3c(-c4ccc(CO)o4)nc(C(=O)O)cc3c12. The zero-order chi connectivity index (χ0) is 16.8. The van der Waals surface area contributed by atoms with E-state index in [0.29, 0.717) is 22.7 Å². The maximum absolute atomic E-state index is 11.5. The smallest absolute Gasteiger partial charge is 0.354 e. The maximum atomic E-state index is 11.5. The first-order chi connectivity index (χ1) is 11.6. The lowest BCUT2D eigenvalue weighted by molar-refractivity contribution is 0.0691. The highest BCUT2D eigenvalue weighted by atomic mass is 16.4. The Kier molecular flexibility index (Phi) is 3.14.